The van der Waals surface area contributed by atoms with Crippen molar-refractivity contribution in [1.29, 1.82) is 0 Å². The molecule has 0 amide bonds. The SMILES string of the molecule is CCOc1ccccc1CN1CCC(C(=O)OC)C1. The molecule has 1 unspecified atom stereocenters. The van der Waals surface area contributed by atoms with Gasteiger partial charge in [-0.1, -0.05) is 18.2 Å². The number of nitrogens with zero attached hydrogens (tertiary/aromatic N) is 1. The van der Waals surface area contributed by atoms with E-state index in [1.54, 1.807) is 0 Å². The van der Waals surface area contributed by atoms with Gasteiger partial charge in [0.05, 0.1) is 19.6 Å². The number of carbonyl (C=O) groups is 1. The molecule has 1 saturated heterocycles. The number of benzene rings is 1. The fraction of sp³-hybridized carbons (Fsp3) is 0.533. The summed E-state index contributed by atoms with van der Waals surface area (Å²) >= 11 is 0. The third-order valence-electron chi connectivity index (χ3n) is 3.47. The third kappa shape index (κ3) is 3.47. The smallest absolute Gasteiger partial charge is 0.310 e. The van der Waals surface area contributed by atoms with Crippen LogP contribution >= 0.6 is 0 Å². The van der Waals surface area contributed by atoms with Crippen LogP contribution in [0, 0.1) is 5.92 Å². The number of hydrogen-bond donors (Lipinski definition) is 0. The monoisotopic (exact) mass is 263 g/mol. The van der Waals surface area contributed by atoms with Crippen LogP contribution in [0.2, 0.25) is 0 Å². The molecule has 1 atom stereocenters. The Labute approximate surface area is 114 Å². The van der Waals surface area contributed by atoms with Crippen molar-refractivity contribution in [2.24, 2.45) is 5.92 Å². The molecule has 4 nitrogen and oxygen atoms in total. The molecule has 1 fully saturated rings. The fourth-order valence-electron chi connectivity index (χ4n) is 2.51. The molecule has 0 N–H and O–H groups in total. The Balaban J connectivity index is 1.97. The van der Waals surface area contributed by atoms with Crippen molar-refractivity contribution in [2.45, 2.75) is 19.9 Å². The van der Waals surface area contributed by atoms with E-state index in [0.29, 0.717) is 6.61 Å². The molecule has 19 heavy (non-hydrogen) atoms. The second-order valence-electron chi connectivity index (χ2n) is 4.78. The van der Waals surface area contributed by atoms with E-state index >= 15 is 0 Å². The molecule has 0 radical (unpaired) electrons. The maximum Gasteiger partial charge on any atom is 0.310 e. The number of esters is 1. The van der Waals surface area contributed by atoms with Gasteiger partial charge in [0.2, 0.25) is 0 Å². The van der Waals surface area contributed by atoms with Crippen LogP contribution in [0.25, 0.3) is 0 Å². The van der Waals surface area contributed by atoms with E-state index in [0.717, 1.165) is 31.8 Å². The topological polar surface area (TPSA) is 38.8 Å². The summed E-state index contributed by atoms with van der Waals surface area (Å²) in [7, 11) is 1.45. The Morgan fingerprint density at radius 2 is 2.21 bits per heavy atom. The minimum Gasteiger partial charge on any atom is -0.494 e. The van der Waals surface area contributed by atoms with Crippen molar-refractivity contribution in [3.05, 3.63) is 29.8 Å². The van der Waals surface area contributed by atoms with Crippen molar-refractivity contribution in [1.82, 2.24) is 4.90 Å². The lowest BCUT2D eigenvalue weighted by Gasteiger charge is -2.18. The Bertz CT molecular complexity index is 433. The van der Waals surface area contributed by atoms with Crippen LogP contribution in [0.1, 0.15) is 18.9 Å². The van der Waals surface area contributed by atoms with Crippen LogP contribution in [0.3, 0.4) is 0 Å². The number of carbonyl (C=O) groups excluding carboxylic acids is 1. The highest BCUT2D eigenvalue weighted by molar-refractivity contribution is 5.72. The highest BCUT2D eigenvalue weighted by atomic mass is 16.5. The average Bonchev–Trinajstić information content (AvgIpc) is 2.89. The van der Waals surface area contributed by atoms with Crippen molar-refractivity contribution in [2.75, 3.05) is 26.8 Å². The summed E-state index contributed by atoms with van der Waals surface area (Å²) in [4.78, 5) is 13.8. The Kier molecular flexibility index (Phi) is 4.80. The van der Waals surface area contributed by atoms with Crippen LogP contribution < -0.4 is 4.74 Å². The molecular weight excluding hydrogens is 242 g/mol. The molecule has 104 valence electrons. The lowest BCUT2D eigenvalue weighted by Crippen LogP contribution is -2.23. The van der Waals surface area contributed by atoms with Crippen LogP contribution in [0.5, 0.6) is 5.75 Å². The fourth-order valence-corrected chi connectivity index (χ4v) is 2.51. The standard InChI is InChI=1S/C15H21NO3/c1-3-19-14-7-5-4-6-12(14)10-16-9-8-13(11-16)15(17)18-2/h4-7,13H,3,8-11H2,1-2H3. The molecule has 1 aromatic rings. The van der Waals surface area contributed by atoms with Gasteiger partial charge < -0.3 is 9.47 Å². The maximum atomic E-state index is 11.5. The summed E-state index contributed by atoms with van der Waals surface area (Å²) in [5.41, 5.74) is 1.18. The van der Waals surface area contributed by atoms with Gasteiger partial charge in [-0.25, -0.2) is 0 Å². The van der Waals surface area contributed by atoms with E-state index in [2.05, 4.69) is 11.0 Å². The lowest BCUT2D eigenvalue weighted by atomic mass is 10.1. The van der Waals surface area contributed by atoms with E-state index in [1.807, 2.05) is 25.1 Å². The van der Waals surface area contributed by atoms with E-state index in [9.17, 15) is 4.79 Å². The molecule has 2 rings (SSSR count). The molecule has 1 aromatic carbocycles. The van der Waals surface area contributed by atoms with Gasteiger partial charge in [0, 0.05) is 18.7 Å². The number of ether oxygens (including phenoxy) is 2. The quantitative estimate of drug-likeness (QED) is 0.762. The van der Waals surface area contributed by atoms with E-state index in [1.165, 1.54) is 12.7 Å². The minimum absolute atomic E-state index is 0.0178. The predicted molar refractivity (Wildman–Crippen MR) is 73.0 cm³/mol. The molecule has 1 heterocycles. The first kappa shape index (κ1) is 13.9. The lowest BCUT2D eigenvalue weighted by molar-refractivity contribution is -0.144. The van der Waals surface area contributed by atoms with E-state index < -0.39 is 0 Å². The zero-order chi connectivity index (χ0) is 13.7. The summed E-state index contributed by atoms with van der Waals surface area (Å²) in [5.74, 6) is 0.858. The van der Waals surface area contributed by atoms with Crippen LogP contribution in [0.4, 0.5) is 0 Å². The van der Waals surface area contributed by atoms with Gasteiger partial charge in [0.25, 0.3) is 0 Å². The van der Waals surface area contributed by atoms with Crippen LogP contribution in [-0.4, -0.2) is 37.7 Å². The first-order valence-electron chi connectivity index (χ1n) is 6.75. The van der Waals surface area contributed by atoms with E-state index in [-0.39, 0.29) is 11.9 Å². The second-order valence-corrected chi connectivity index (χ2v) is 4.78. The van der Waals surface area contributed by atoms with Gasteiger partial charge >= 0.3 is 5.97 Å². The van der Waals surface area contributed by atoms with E-state index in [4.69, 9.17) is 9.47 Å². The molecule has 0 saturated carbocycles. The zero-order valence-corrected chi connectivity index (χ0v) is 11.6. The van der Waals surface area contributed by atoms with Gasteiger partial charge in [0.1, 0.15) is 5.75 Å². The average molecular weight is 263 g/mol. The Morgan fingerprint density at radius 3 is 2.95 bits per heavy atom. The molecule has 4 heteroatoms. The van der Waals surface area contributed by atoms with Crippen molar-refractivity contribution in [3.8, 4) is 5.75 Å². The summed E-state index contributed by atoms with van der Waals surface area (Å²) in [6, 6.07) is 8.07. The van der Waals surface area contributed by atoms with Gasteiger partial charge in [-0.05, 0) is 26.0 Å². The summed E-state index contributed by atoms with van der Waals surface area (Å²) in [6.07, 6.45) is 0.878. The molecule has 0 aliphatic carbocycles. The summed E-state index contributed by atoms with van der Waals surface area (Å²) in [6.45, 7) is 5.18. The number of rotatable bonds is 5. The largest absolute Gasteiger partial charge is 0.494 e. The van der Waals surface area contributed by atoms with Crippen molar-refractivity contribution < 1.29 is 14.3 Å². The normalized spacial score (nSPS) is 19.4. The van der Waals surface area contributed by atoms with Crippen LogP contribution in [-0.2, 0) is 16.1 Å². The highest BCUT2D eigenvalue weighted by Crippen LogP contribution is 2.24. The molecule has 1 aliphatic heterocycles. The van der Waals surface area contributed by atoms with Gasteiger partial charge in [-0.3, -0.25) is 9.69 Å². The Hall–Kier alpha value is -1.55. The maximum absolute atomic E-state index is 11.5. The first-order valence-corrected chi connectivity index (χ1v) is 6.75. The molecule has 0 aromatic heterocycles. The zero-order valence-electron chi connectivity index (χ0n) is 11.6. The number of para-hydroxylation sites is 1. The predicted octanol–water partition coefficient (Wildman–Crippen LogP) is 2.08. The molecule has 0 bridgehead atoms. The van der Waals surface area contributed by atoms with Crippen LogP contribution in [0.15, 0.2) is 24.3 Å². The summed E-state index contributed by atoms with van der Waals surface area (Å²) in [5, 5.41) is 0. The molecule has 1 aliphatic rings. The summed E-state index contributed by atoms with van der Waals surface area (Å²) < 4.78 is 10.4. The minimum atomic E-state index is -0.0967. The number of hydrogen-bond acceptors (Lipinski definition) is 4. The number of methoxy groups -OCH3 is 1. The molecular formula is C15H21NO3. The van der Waals surface area contributed by atoms with Crippen molar-refractivity contribution >= 4 is 5.97 Å². The van der Waals surface area contributed by atoms with Gasteiger partial charge in [-0.2, -0.15) is 0 Å². The first-order chi connectivity index (χ1) is 9.24. The second kappa shape index (κ2) is 6.57. The van der Waals surface area contributed by atoms with Gasteiger partial charge in [-0.15, -0.1) is 0 Å². The highest BCUT2D eigenvalue weighted by Gasteiger charge is 2.29. The van der Waals surface area contributed by atoms with Crippen molar-refractivity contribution in [3.63, 3.8) is 0 Å². The Morgan fingerprint density at radius 1 is 1.42 bits per heavy atom. The number of likely N-dealkylation sites (tertiary alicyclic amines) is 1. The van der Waals surface area contributed by atoms with Gasteiger partial charge in [0.15, 0.2) is 0 Å². The molecule has 0 spiro atoms. The third-order valence-corrected chi connectivity index (χ3v) is 3.47.